The van der Waals surface area contributed by atoms with Gasteiger partial charge in [0.25, 0.3) is 0 Å². The zero-order valence-corrected chi connectivity index (χ0v) is 9.99. The minimum absolute atomic E-state index is 0.0710. The number of nitrogen functional groups attached to an aromatic ring is 1. The Labute approximate surface area is 96.6 Å². The number of anilines is 2. The Balaban J connectivity index is 2.38. The van der Waals surface area contributed by atoms with E-state index in [1.807, 2.05) is 13.0 Å². The molecule has 80 valence electrons. The number of halogens is 1. The normalized spacial score (nSPS) is 21.1. The summed E-state index contributed by atoms with van der Waals surface area (Å²) in [6.07, 6.45) is 2.19. The quantitative estimate of drug-likeness (QED) is 0.786. The minimum Gasteiger partial charge on any atom is -0.396 e. The van der Waals surface area contributed by atoms with Gasteiger partial charge in [-0.05, 0) is 18.6 Å². The first-order valence-corrected chi connectivity index (χ1v) is 5.66. The number of amides is 1. The second-order valence-corrected chi connectivity index (χ2v) is 4.97. The van der Waals surface area contributed by atoms with E-state index in [4.69, 9.17) is 5.73 Å². The van der Waals surface area contributed by atoms with Gasteiger partial charge in [0.1, 0.15) is 0 Å². The number of carbonyl (C=O) groups is 1. The Bertz CT molecular complexity index is 408. The van der Waals surface area contributed by atoms with Crippen LogP contribution in [0.1, 0.15) is 12.0 Å². The van der Waals surface area contributed by atoms with Crippen LogP contribution in [-0.4, -0.2) is 22.3 Å². The van der Waals surface area contributed by atoms with Gasteiger partial charge in [0.15, 0.2) is 5.82 Å². The molecule has 1 fully saturated rings. The summed E-state index contributed by atoms with van der Waals surface area (Å²) in [7, 11) is 0. The molecule has 1 saturated heterocycles. The lowest BCUT2D eigenvalue weighted by atomic mass is 10.2. The Morgan fingerprint density at radius 3 is 3.00 bits per heavy atom. The highest BCUT2D eigenvalue weighted by Crippen LogP contribution is 2.29. The van der Waals surface area contributed by atoms with Gasteiger partial charge < -0.3 is 5.73 Å². The number of pyridine rings is 1. The van der Waals surface area contributed by atoms with E-state index < -0.39 is 0 Å². The van der Waals surface area contributed by atoms with Crippen molar-refractivity contribution < 1.29 is 4.79 Å². The summed E-state index contributed by atoms with van der Waals surface area (Å²) >= 11 is 3.43. The molecule has 1 amide bonds. The molecule has 0 aliphatic carbocycles. The summed E-state index contributed by atoms with van der Waals surface area (Å²) in [5.74, 6) is 0.656. The van der Waals surface area contributed by atoms with Gasteiger partial charge in [0.05, 0.1) is 5.69 Å². The van der Waals surface area contributed by atoms with Crippen LogP contribution in [-0.2, 0) is 4.79 Å². The fraction of sp³-hybridized carbons (Fsp3) is 0.400. The molecule has 1 aliphatic heterocycles. The first-order valence-electron chi connectivity index (χ1n) is 4.75. The second kappa shape index (κ2) is 3.81. The molecule has 0 aromatic carbocycles. The van der Waals surface area contributed by atoms with Gasteiger partial charge in [-0.2, -0.15) is 0 Å². The smallest absolute Gasteiger partial charge is 0.229 e. The van der Waals surface area contributed by atoms with Crippen molar-refractivity contribution >= 4 is 33.3 Å². The summed E-state index contributed by atoms with van der Waals surface area (Å²) in [5, 5.41) is 0. The first-order chi connectivity index (χ1) is 7.09. The highest BCUT2D eigenvalue weighted by atomic mass is 79.9. The summed E-state index contributed by atoms with van der Waals surface area (Å²) in [6.45, 7) is 2.55. The third kappa shape index (κ3) is 1.84. The van der Waals surface area contributed by atoms with Gasteiger partial charge >= 0.3 is 0 Å². The van der Waals surface area contributed by atoms with Crippen molar-refractivity contribution in [2.75, 3.05) is 17.2 Å². The molecule has 15 heavy (non-hydrogen) atoms. The number of hydrogen-bond acceptors (Lipinski definition) is 3. The summed E-state index contributed by atoms with van der Waals surface area (Å²) in [5.41, 5.74) is 7.44. The molecule has 1 atom stereocenters. The molecule has 0 bridgehead atoms. The minimum atomic E-state index is 0.0710. The van der Waals surface area contributed by atoms with Crippen LogP contribution in [0, 0.1) is 6.92 Å². The lowest BCUT2D eigenvalue weighted by Crippen LogP contribution is -2.26. The standard InChI is InChI=1S/C10H12BrN3O/c1-6-2-3-13-10(9(6)12)14-5-7(11)4-8(14)15/h2-3,7H,4-5,12H2,1H3. The molecule has 2 N–H and O–H groups in total. The molecule has 1 aliphatic rings. The van der Waals surface area contributed by atoms with E-state index in [0.717, 1.165) is 5.56 Å². The molecule has 0 spiro atoms. The van der Waals surface area contributed by atoms with Crippen LogP contribution in [0.25, 0.3) is 0 Å². The third-order valence-electron chi connectivity index (χ3n) is 2.52. The fourth-order valence-corrected chi connectivity index (χ4v) is 2.21. The van der Waals surface area contributed by atoms with E-state index in [0.29, 0.717) is 24.5 Å². The maximum absolute atomic E-state index is 11.6. The van der Waals surface area contributed by atoms with Crippen molar-refractivity contribution in [3.05, 3.63) is 17.8 Å². The largest absolute Gasteiger partial charge is 0.396 e. The number of rotatable bonds is 1. The van der Waals surface area contributed by atoms with Crippen LogP contribution in [0.3, 0.4) is 0 Å². The molecule has 1 aromatic heterocycles. The summed E-state index contributed by atoms with van der Waals surface area (Å²) < 4.78 is 0. The van der Waals surface area contributed by atoms with Crippen molar-refractivity contribution in [3.63, 3.8) is 0 Å². The first kappa shape index (κ1) is 10.4. The zero-order chi connectivity index (χ0) is 11.0. The lowest BCUT2D eigenvalue weighted by molar-refractivity contribution is -0.117. The highest BCUT2D eigenvalue weighted by Gasteiger charge is 2.30. The molecule has 4 nitrogen and oxygen atoms in total. The molecule has 1 aromatic rings. The number of hydrogen-bond donors (Lipinski definition) is 1. The number of nitrogens with zero attached hydrogens (tertiary/aromatic N) is 2. The van der Waals surface area contributed by atoms with Crippen molar-refractivity contribution in [3.8, 4) is 0 Å². The topological polar surface area (TPSA) is 59.2 Å². The molecule has 5 heteroatoms. The van der Waals surface area contributed by atoms with Gasteiger partial charge in [0, 0.05) is 24.0 Å². The van der Waals surface area contributed by atoms with E-state index in [-0.39, 0.29) is 10.7 Å². The molecule has 2 heterocycles. The van der Waals surface area contributed by atoms with E-state index >= 15 is 0 Å². The molecular formula is C10H12BrN3O. The van der Waals surface area contributed by atoms with Gasteiger partial charge in [-0.3, -0.25) is 9.69 Å². The van der Waals surface area contributed by atoms with Crippen LogP contribution in [0.5, 0.6) is 0 Å². The van der Waals surface area contributed by atoms with Crippen molar-refractivity contribution in [2.24, 2.45) is 0 Å². The molecule has 1 unspecified atom stereocenters. The summed E-state index contributed by atoms with van der Waals surface area (Å²) in [4.78, 5) is 17.7. The zero-order valence-electron chi connectivity index (χ0n) is 8.40. The van der Waals surface area contributed by atoms with Crippen molar-refractivity contribution in [1.29, 1.82) is 0 Å². The highest BCUT2D eigenvalue weighted by molar-refractivity contribution is 9.09. The average molecular weight is 270 g/mol. The number of carbonyl (C=O) groups excluding carboxylic acids is 1. The molecular weight excluding hydrogens is 258 g/mol. The maximum atomic E-state index is 11.6. The summed E-state index contributed by atoms with van der Waals surface area (Å²) in [6, 6.07) is 1.84. The molecule has 0 saturated carbocycles. The van der Waals surface area contributed by atoms with E-state index in [2.05, 4.69) is 20.9 Å². The SMILES string of the molecule is Cc1ccnc(N2CC(Br)CC2=O)c1N. The van der Waals surface area contributed by atoms with Crippen LogP contribution >= 0.6 is 15.9 Å². The molecule has 0 radical (unpaired) electrons. The number of alkyl halides is 1. The number of nitrogens with two attached hydrogens (primary N) is 1. The predicted octanol–water partition coefficient (Wildman–Crippen LogP) is 1.47. The van der Waals surface area contributed by atoms with Crippen LogP contribution < -0.4 is 10.6 Å². The number of aryl methyl sites for hydroxylation is 1. The van der Waals surface area contributed by atoms with Crippen LogP contribution in [0.2, 0.25) is 0 Å². The molecule has 2 rings (SSSR count). The maximum Gasteiger partial charge on any atom is 0.229 e. The van der Waals surface area contributed by atoms with E-state index in [1.54, 1.807) is 11.1 Å². The number of aromatic nitrogens is 1. The second-order valence-electron chi connectivity index (χ2n) is 3.67. The fourth-order valence-electron chi connectivity index (χ4n) is 1.64. The Morgan fingerprint density at radius 1 is 1.67 bits per heavy atom. The van der Waals surface area contributed by atoms with Crippen molar-refractivity contribution in [2.45, 2.75) is 18.2 Å². The van der Waals surface area contributed by atoms with Crippen molar-refractivity contribution in [1.82, 2.24) is 4.98 Å². The Kier molecular flexibility index (Phi) is 2.65. The Morgan fingerprint density at radius 2 is 2.40 bits per heavy atom. The van der Waals surface area contributed by atoms with Crippen LogP contribution in [0.15, 0.2) is 12.3 Å². The monoisotopic (exact) mass is 269 g/mol. The average Bonchev–Trinajstić information content (AvgIpc) is 2.50. The van der Waals surface area contributed by atoms with Gasteiger partial charge in [-0.15, -0.1) is 0 Å². The predicted molar refractivity (Wildman–Crippen MR) is 63.1 cm³/mol. The van der Waals surface area contributed by atoms with Gasteiger partial charge in [0.2, 0.25) is 5.91 Å². The van der Waals surface area contributed by atoms with Gasteiger partial charge in [-0.1, -0.05) is 15.9 Å². The Hall–Kier alpha value is -1.10. The lowest BCUT2D eigenvalue weighted by Gasteiger charge is -2.17. The van der Waals surface area contributed by atoms with Crippen LogP contribution in [0.4, 0.5) is 11.5 Å². The van der Waals surface area contributed by atoms with E-state index in [9.17, 15) is 4.79 Å². The van der Waals surface area contributed by atoms with Gasteiger partial charge in [-0.25, -0.2) is 4.98 Å². The van der Waals surface area contributed by atoms with E-state index in [1.165, 1.54) is 0 Å². The third-order valence-corrected chi connectivity index (χ3v) is 3.13.